The second-order valence-corrected chi connectivity index (χ2v) is 5.33. The van der Waals surface area contributed by atoms with Crippen LogP contribution in [0.15, 0.2) is 11.6 Å². The van der Waals surface area contributed by atoms with Crippen LogP contribution in [0, 0.1) is 28.6 Å². The first-order valence-electron chi connectivity index (χ1n) is 5.72. The van der Waals surface area contributed by atoms with Crippen LogP contribution >= 0.6 is 0 Å². The molecule has 0 heterocycles. The number of fused-ring (bicyclic) bond motifs is 1. The van der Waals surface area contributed by atoms with E-state index in [0.29, 0.717) is 11.8 Å². The molecule has 1 fully saturated rings. The number of nitrogens with zero attached hydrogens (tertiary/aromatic N) is 1. The number of unbranched alkanes of at least 4 members (excludes halogenated alkanes) is 1. The summed E-state index contributed by atoms with van der Waals surface area (Å²) >= 11 is 0. The van der Waals surface area contributed by atoms with Crippen LogP contribution in [0.25, 0.3) is 0 Å². The first kappa shape index (κ1) is 9.77. The quantitative estimate of drug-likeness (QED) is 0.491. The van der Waals surface area contributed by atoms with Crippen LogP contribution in [0.1, 0.15) is 46.0 Å². The smallest absolute Gasteiger partial charge is 0.0621 e. The van der Waals surface area contributed by atoms with Gasteiger partial charge in [-0.25, -0.2) is 0 Å². The minimum absolute atomic E-state index is 0.552. The van der Waals surface area contributed by atoms with Gasteiger partial charge in [-0.3, -0.25) is 0 Å². The summed E-state index contributed by atoms with van der Waals surface area (Å²) in [6.07, 6.45) is 8.07. The molecule has 2 bridgehead atoms. The lowest BCUT2D eigenvalue weighted by atomic mass is 9.48. The van der Waals surface area contributed by atoms with Crippen LogP contribution in [0.2, 0.25) is 0 Å². The van der Waals surface area contributed by atoms with Gasteiger partial charge in [-0.1, -0.05) is 25.5 Å². The SMILES string of the molecule is CC1(C)C2CC=C(CCCC#N)C1C2. The van der Waals surface area contributed by atoms with Gasteiger partial charge < -0.3 is 0 Å². The molecule has 2 atom stereocenters. The van der Waals surface area contributed by atoms with Gasteiger partial charge in [0.05, 0.1) is 6.07 Å². The summed E-state index contributed by atoms with van der Waals surface area (Å²) in [6.45, 7) is 4.81. The lowest BCUT2D eigenvalue weighted by molar-refractivity contribution is -0.00832. The van der Waals surface area contributed by atoms with Gasteiger partial charge in [0.1, 0.15) is 0 Å². The van der Waals surface area contributed by atoms with Gasteiger partial charge >= 0.3 is 0 Å². The van der Waals surface area contributed by atoms with Gasteiger partial charge in [0, 0.05) is 6.42 Å². The zero-order valence-electron chi connectivity index (χ0n) is 9.21. The molecule has 1 saturated carbocycles. The summed E-state index contributed by atoms with van der Waals surface area (Å²) in [5, 5.41) is 8.50. The Bertz CT molecular complexity index is 293. The van der Waals surface area contributed by atoms with Gasteiger partial charge in [-0.15, -0.1) is 0 Å². The van der Waals surface area contributed by atoms with Crippen molar-refractivity contribution < 1.29 is 0 Å². The lowest BCUT2D eigenvalue weighted by Gasteiger charge is -2.56. The maximum Gasteiger partial charge on any atom is 0.0621 e. The Morgan fingerprint density at radius 1 is 1.57 bits per heavy atom. The maximum absolute atomic E-state index is 8.50. The summed E-state index contributed by atoms with van der Waals surface area (Å²) in [5.74, 6) is 1.77. The number of rotatable bonds is 3. The highest BCUT2D eigenvalue weighted by molar-refractivity contribution is 5.23. The van der Waals surface area contributed by atoms with Crippen molar-refractivity contribution in [1.82, 2.24) is 0 Å². The Morgan fingerprint density at radius 2 is 2.36 bits per heavy atom. The molecular formula is C13H19N. The maximum atomic E-state index is 8.50. The standard InChI is InChI=1S/C13H19N/c1-13(2)11-7-6-10(12(13)9-11)5-3-4-8-14/h6,11-12H,3-5,7,9H2,1-2H3. The van der Waals surface area contributed by atoms with Crippen LogP contribution < -0.4 is 0 Å². The van der Waals surface area contributed by atoms with E-state index < -0.39 is 0 Å². The van der Waals surface area contributed by atoms with Crippen LogP contribution in [0.5, 0.6) is 0 Å². The van der Waals surface area contributed by atoms with Gasteiger partial charge in [-0.2, -0.15) is 5.26 Å². The van der Waals surface area contributed by atoms with E-state index in [0.717, 1.165) is 24.7 Å². The van der Waals surface area contributed by atoms with Crippen LogP contribution in [-0.4, -0.2) is 0 Å². The fourth-order valence-electron chi connectivity index (χ4n) is 3.13. The highest BCUT2D eigenvalue weighted by Crippen LogP contribution is 2.59. The Labute approximate surface area is 86.8 Å². The Morgan fingerprint density at radius 3 is 2.93 bits per heavy atom. The van der Waals surface area contributed by atoms with Crippen molar-refractivity contribution in [3.05, 3.63) is 11.6 Å². The molecule has 0 N–H and O–H groups in total. The van der Waals surface area contributed by atoms with Gasteiger partial charge in [0.15, 0.2) is 0 Å². The largest absolute Gasteiger partial charge is 0.198 e. The molecule has 3 aliphatic rings. The highest BCUT2D eigenvalue weighted by atomic mass is 14.5. The van der Waals surface area contributed by atoms with Crippen LogP contribution in [-0.2, 0) is 0 Å². The van der Waals surface area contributed by atoms with E-state index >= 15 is 0 Å². The van der Waals surface area contributed by atoms with Gasteiger partial charge in [-0.05, 0) is 42.9 Å². The Balaban J connectivity index is 1.94. The van der Waals surface area contributed by atoms with E-state index in [1.165, 1.54) is 12.8 Å². The molecule has 0 aromatic heterocycles. The number of hydrogen-bond acceptors (Lipinski definition) is 1. The Kier molecular flexibility index (Phi) is 2.39. The number of hydrogen-bond donors (Lipinski definition) is 0. The molecule has 3 aliphatic carbocycles. The topological polar surface area (TPSA) is 23.8 Å². The summed E-state index contributed by atoms with van der Waals surface area (Å²) in [7, 11) is 0. The van der Waals surface area contributed by atoms with E-state index in [2.05, 4.69) is 26.0 Å². The normalized spacial score (nSPS) is 32.8. The Hall–Kier alpha value is -0.770. The third kappa shape index (κ3) is 1.38. The molecule has 0 amide bonds. The third-order valence-corrected chi connectivity index (χ3v) is 4.34. The fourth-order valence-corrected chi connectivity index (χ4v) is 3.13. The second-order valence-electron chi connectivity index (χ2n) is 5.33. The summed E-state index contributed by atoms with van der Waals surface area (Å²) in [6, 6.07) is 2.23. The average molecular weight is 189 g/mol. The number of allylic oxidation sites excluding steroid dienone is 2. The molecule has 3 rings (SSSR count). The zero-order chi connectivity index (χ0) is 10.2. The average Bonchev–Trinajstić information content (AvgIpc) is 2.18. The van der Waals surface area contributed by atoms with E-state index in [1.807, 2.05) is 0 Å². The van der Waals surface area contributed by atoms with Crippen molar-refractivity contribution in [2.75, 3.05) is 0 Å². The summed E-state index contributed by atoms with van der Waals surface area (Å²) < 4.78 is 0. The second kappa shape index (κ2) is 3.42. The monoisotopic (exact) mass is 189 g/mol. The van der Waals surface area contributed by atoms with Crippen molar-refractivity contribution in [2.45, 2.75) is 46.0 Å². The van der Waals surface area contributed by atoms with Crippen molar-refractivity contribution in [3.8, 4) is 6.07 Å². The molecule has 76 valence electrons. The van der Waals surface area contributed by atoms with E-state index in [1.54, 1.807) is 5.57 Å². The minimum Gasteiger partial charge on any atom is -0.198 e. The molecule has 1 heteroatoms. The minimum atomic E-state index is 0.552. The molecule has 0 spiro atoms. The van der Waals surface area contributed by atoms with Crippen LogP contribution in [0.4, 0.5) is 0 Å². The van der Waals surface area contributed by atoms with E-state index in [-0.39, 0.29) is 0 Å². The fraction of sp³-hybridized carbons (Fsp3) is 0.769. The molecule has 0 aromatic carbocycles. The van der Waals surface area contributed by atoms with E-state index in [4.69, 9.17) is 5.26 Å². The van der Waals surface area contributed by atoms with Crippen molar-refractivity contribution >= 4 is 0 Å². The first-order chi connectivity index (χ1) is 6.66. The lowest BCUT2D eigenvalue weighted by Crippen LogP contribution is -2.47. The molecule has 0 saturated heterocycles. The van der Waals surface area contributed by atoms with Crippen molar-refractivity contribution in [2.24, 2.45) is 17.3 Å². The van der Waals surface area contributed by atoms with Gasteiger partial charge in [0.25, 0.3) is 0 Å². The summed E-state index contributed by atoms with van der Waals surface area (Å²) in [5.41, 5.74) is 2.20. The van der Waals surface area contributed by atoms with E-state index in [9.17, 15) is 0 Å². The van der Waals surface area contributed by atoms with Crippen LogP contribution in [0.3, 0.4) is 0 Å². The predicted octanol–water partition coefficient (Wildman–Crippen LogP) is 3.67. The molecule has 2 unspecified atom stereocenters. The first-order valence-corrected chi connectivity index (χ1v) is 5.72. The zero-order valence-corrected chi connectivity index (χ0v) is 9.21. The van der Waals surface area contributed by atoms with Crippen molar-refractivity contribution in [1.29, 1.82) is 5.26 Å². The predicted molar refractivity (Wildman–Crippen MR) is 57.5 cm³/mol. The molecule has 0 aromatic rings. The molecule has 14 heavy (non-hydrogen) atoms. The molecule has 1 nitrogen and oxygen atoms in total. The molecule has 0 aliphatic heterocycles. The molecule has 0 radical (unpaired) electrons. The highest BCUT2D eigenvalue weighted by Gasteiger charge is 2.50. The third-order valence-electron chi connectivity index (χ3n) is 4.34. The number of nitriles is 1. The molecular weight excluding hydrogens is 170 g/mol. The van der Waals surface area contributed by atoms with Crippen molar-refractivity contribution in [3.63, 3.8) is 0 Å². The van der Waals surface area contributed by atoms with Gasteiger partial charge in [0.2, 0.25) is 0 Å². The summed E-state index contributed by atoms with van der Waals surface area (Å²) in [4.78, 5) is 0.